The Morgan fingerprint density at radius 2 is 2.00 bits per heavy atom. The highest BCUT2D eigenvalue weighted by Crippen LogP contribution is 2.32. The normalized spacial score (nSPS) is 18.5. The van der Waals surface area contributed by atoms with Crippen LogP contribution in [0.15, 0.2) is 53.8 Å². The summed E-state index contributed by atoms with van der Waals surface area (Å²) in [4.78, 5) is 21.9. The van der Waals surface area contributed by atoms with Gasteiger partial charge in [0.1, 0.15) is 0 Å². The van der Waals surface area contributed by atoms with Crippen LogP contribution in [0.4, 0.5) is 5.69 Å². The molecule has 1 aliphatic rings. The molecular weight excluding hydrogens is 340 g/mol. The highest BCUT2D eigenvalue weighted by molar-refractivity contribution is 9.10. The molecule has 112 valence electrons. The minimum atomic E-state index is -0.219. The molecule has 0 aliphatic carbocycles. The number of carbonyl (C=O) groups excluding carboxylic acids is 1. The number of carbonyl (C=O) groups is 1. The Labute approximate surface area is 138 Å². The number of aromatic nitrogens is 1. The third-order valence-corrected chi connectivity index (χ3v) is 5.07. The van der Waals surface area contributed by atoms with Gasteiger partial charge >= 0.3 is 0 Å². The first-order chi connectivity index (χ1) is 10.7. The van der Waals surface area contributed by atoms with E-state index in [4.69, 9.17) is 4.99 Å². The van der Waals surface area contributed by atoms with Crippen LogP contribution in [0.25, 0.3) is 0 Å². The number of fused-ring (bicyclic) bond motifs is 1. The molecule has 0 spiro atoms. The van der Waals surface area contributed by atoms with Crippen LogP contribution in [0, 0.1) is 5.92 Å². The van der Waals surface area contributed by atoms with Crippen molar-refractivity contribution >= 4 is 33.1 Å². The number of aliphatic imine (C=N–C) groups is 1. The van der Waals surface area contributed by atoms with Crippen LogP contribution >= 0.6 is 15.9 Å². The lowest BCUT2D eigenvalue weighted by Crippen LogP contribution is -2.34. The molecule has 1 aromatic carbocycles. The van der Waals surface area contributed by atoms with Crippen LogP contribution in [0.5, 0.6) is 0 Å². The summed E-state index contributed by atoms with van der Waals surface area (Å²) in [7, 11) is 0. The van der Waals surface area contributed by atoms with E-state index in [-0.39, 0.29) is 16.5 Å². The molecule has 0 saturated heterocycles. The fourth-order valence-electron chi connectivity index (χ4n) is 2.76. The van der Waals surface area contributed by atoms with Crippen molar-refractivity contribution in [1.82, 2.24) is 4.98 Å². The van der Waals surface area contributed by atoms with Crippen LogP contribution in [0.1, 0.15) is 29.3 Å². The molecule has 0 N–H and O–H groups in total. The Hall–Kier alpha value is -1.81. The van der Waals surface area contributed by atoms with Gasteiger partial charge in [-0.05, 0) is 24.5 Å². The number of hydrogen-bond donors (Lipinski definition) is 0. The van der Waals surface area contributed by atoms with Crippen LogP contribution in [0.2, 0.25) is 0 Å². The van der Waals surface area contributed by atoms with Crippen molar-refractivity contribution in [3.63, 3.8) is 0 Å². The van der Waals surface area contributed by atoms with Gasteiger partial charge in [0.2, 0.25) is 0 Å². The standard InChI is InChI=1S/C18H17BrN2O/c1-2-15(19)17-13(10-12-6-4-3-5-7-12)18(22)14-11-20-9-8-16(14)21-17/h3-9,11,13,15H,2,10H2,1H3. The summed E-state index contributed by atoms with van der Waals surface area (Å²) in [6.45, 7) is 2.09. The third-order valence-electron chi connectivity index (χ3n) is 3.95. The minimum absolute atomic E-state index is 0.117. The number of halogens is 1. The van der Waals surface area contributed by atoms with E-state index in [1.165, 1.54) is 0 Å². The number of hydrogen-bond acceptors (Lipinski definition) is 3. The second-order valence-corrected chi connectivity index (χ2v) is 6.52. The molecule has 22 heavy (non-hydrogen) atoms. The van der Waals surface area contributed by atoms with E-state index in [9.17, 15) is 4.79 Å². The molecule has 0 bridgehead atoms. The first kappa shape index (κ1) is 15.1. The predicted octanol–water partition coefficient (Wildman–Crippen LogP) is 4.38. The van der Waals surface area contributed by atoms with E-state index in [1.54, 1.807) is 18.5 Å². The van der Waals surface area contributed by atoms with Gasteiger partial charge in [0.25, 0.3) is 0 Å². The summed E-state index contributed by atoms with van der Waals surface area (Å²) >= 11 is 3.67. The summed E-state index contributed by atoms with van der Waals surface area (Å²) in [6.07, 6.45) is 4.89. The van der Waals surface area contributed by atoms with Crippen molar-refractivity contribution in [2.24, 2.45) is 10.9 Å². The minimum Gasteiger partial charge on any atom is -0.293 e. The van der Waals surface area contributed by atoms with E-state index >= 15 is 0 Å². The van der Waals surface area contributed by atoms with E-state index in [1.807, 2.05) is 18.2 Å². The summed E-state index contributed by atoms with van der Waals surface area (Å²) in [5, 5.41) is 0. The molecular formula is C18H17BrN2O. The van der Waals surface area contributed by atoms with E-state index < -0.39 is 0 Å². The van der Waals surface area contributed by atoms with Crippen LogP contribution < -0.4 is 0 Å². The molecule has 1 aromatic heterocycles. The van der Waals surface area contributed by atoms with E-state index in [0.717, 1.165) is 23.4 Å². The SMILES string of the molecule is CCC(Br)C1=Nc2ccncc2C(=O)C1Cc1ccccc1. The number of Topliss-reactive ketones (excluding diaryl/α,β-unsaturated/α-hetero) is 1. The van der Waals surface area contributed by atoms with Crippen molar-refractivity contribution < 1.29 is 4.79 Å². The maximum atomic E-state index is 12.9. The largest absolute Gasteiger partial charge is 0.293 e. The van der Waals surface area contributed by atoms with Gasteiger partial charge < -0.3 is 0 Å². The molecule has 3 rings (SSSR count). The fraction of sp³-hybridized carbons (Fsp3) is 0.278. The number of nitrogens with zero attached hydrogens (tertiary/aromatic N) is 2. The number of ketones is 1. The van der Waals surface area contributed by atoms with Crippen molar-refractivity contribution in [2.75, 3.05) is 0 Å². The van der Waals surface area contributed by atoms with Crippen LogP contribution in [-0.4, -0.2) is 21.3 Å². The predicted molar refractivity (Wildman–Crippen MR) is 92.3 cm³/mol. The second-order valence-electron chi connectivity index (χ2n) is 5.41. The van der Waals surface area contributed by atoms with E-state index in [0.29, 0.717) is 12.0 Å². The molecule has 0 amide bonds. The summed E-state index contributed by atoms with van der Waals surface area (Å²) in [6, 6.07) is 11.9. The zero-order valence-electron chi connectivity index (χ0n) is 12.4. The lowest BCUT2D eigenvalue weighted by atomic mass is 9.83. The van der Waals surface area contributed by atoms with Crippen molar-refractivity contribution in [3.8, 4) is 0 Å². The van der Waals surface area contributed by atoms with Crippen molar-refractivity contribution in [1.29, 1.82) is 0 Å². The van der Waals surface area contributed by atoms with Gasteiger partial charge in [0, 0.05) is 18.1 Å². The summed E-state index contributed by atoms with van der Waals surface area (Å²) in [5.74, 6) is -0.0988. The first-order valence-corrected chi connectivity index (χ1v) is 8.37. The Morgan fingerprint density at radius 1 is 1.23 bits per heavy atom. The average Bonchev–Trinajstić information content (AvgIpc) is 2.57. The average molecular weight is 357 g/mol. The number of pyridine rings is 1. The van der Waals surface area contributed by atoms with Crippen LogP contribution in [-0.2, 0) is 6.42 Å². The lowest BCUT2D eigenvalue weighted by molar-refractivity contribution is 0.0951. The number of alkyl halides is 1. The Kier molecular flexibility index (Phi) is 4.48. The zero-order valence-corrected chi connectivity index (χ0v) is 14.0. The lowest BCUT2D eigenvalue weighted by Gasteiger charge is -2.26. The highest BCUT2D eigenvalue weighted by Gasteiger charge is 2.34. The molecule has 2 unspecified atom stereocenters. The van der Waals surface area contributed by atoms with Gasteiger partial charge in [0.15, 0.2) is 5.78 Å². The van der Waals surface area contributed by atoms with Crippen LogP contribution in [0.3, 0.4) is 0 Å². The molecule has 2 heterocycles. The monoisotopic (exact) mass is 356 g/mol. The maximum absolute atomic E-state index is 12.9. The van der Waals surface area contributed by atoms with Gasteiger partial charge in [0.05, 0.1) is 22.0 Å². The summed E-state index contributed by atoms with van der Waals surface area (Å²) in [5.41, 5.74) is 3.44. The Morgan fingerprint density at radius 3 is 2.73 bits per heavy atom. The van der Waals surface area contributed by atoms with E-state index in [2.05, 4.69) is 40.0 Å². The molecule has 0 saturated carbocycles. The third kappa shape index (κ3) is 2.88. The van der Waals surface area contributed by atoms with Gasteiger partial charge in [-0.1, -0.05) is 53.2 Å². The highest BCUT2D eigenvalue weighted by atomic mass is 79.9. The smallest absolute Gasteiger partial charge is 0.175 e. The van der Waals surface area contributed by atoms with Crippen molar-refractivity contribution in [3.05, 3.63) is 59.9 Å². The van der Waals surface area contributed by atoms with Gasteiger partial charge in [-0.2, -0.15) is 0 Å². The molecule has 4 heteroatoms. The van der Waals surface area contributed by atoms with Crippen molar-refractivity contribution in [2.45, 2.75) is 24.6 Å². The fourth-order valence-corrected chi connectivity index (χ4v) is 3.18. The molecule has 3 nitrogen and oxygen atoms in total. The quantitative estimate of drug-likeness (QED) is 0.762. The zero-order chi connectivity index (χ0) is 15.5. The Balaban J connectivity index is 2.02. The maximum Gasteiger partial charge on any atom is 0.175 e. The first-order valence-electron chi connectivity index (χ1n) is 7.45. The van der Waals surface area contributed by atoms with Gasteiger partial charge in [-0.15, -0.1) is 0 Å². The molecule has 1 aliphatic heterocycles. The molecule has 0 radical (unpaired) electrons. The summed E-state index contributed by atoms with van der Waals surface area (Å²) < 4.78 is 0. The van der Waals surface area contributed by atoms with Gasteiger partial charge in [-0.25, -0.2) is 0 Å². The molecule has 2 atom stereocenters. The number of rotatable bonds is 4. The number of benzene rings is 1. The Bertz CT molecular complexity index is 712. The molecule has 2 aromatic rings. The second kappa shape index (κ2) is 6.53. The topological polar surface area (TPSA) is 42.3 Å². The molecule has 0 fully saturated rings. The van der Waals surface area contributed by atoms with Gasteiger partial charge in [-0.3, -0.25) is 14.8 Å².